The quantitative estimate of drug-likeness (QED) is 0.873. The van der Waals surface area contributed by atoms with Crippen LogP contribution in [0.15, 0.2) is 24.5 Å². The molecule has 0 aliphatic carbocycles. The predicted octanol–water partition coefficient (Wildman–Crippen LogP) is 3.03. The maximum Gasteiger partial charge on any atom is 0.149 e. The third-order valence-corrected chi connectivity index (χ3v) is 4.07. The molecule has 2 aromatic heterocycles. The van der Waals surface area contributed by atoms with Gasteiger partial charge in [0.2, 0.25) is 0 Å². The first-order valence-corrected chi connectivity index (χ1v) is 7.77. The summed E-state index contributed by atoms with van der Waals surface area (Å²) < 4.78 is 28.2. The maximum atomic E-state index is 14.3. The lowest BCUT2D eigenvalue weighted by atomic mass is 10.1. The minimum absolute atomic E-state index is 0.00642. The van der Waals surface area contributed by atoms with Gasteiger partial charge in [-0.25, -0.2) is 13.8 Å². The van der Waals surface area contributed by atoms with Crippen LogP contribution < -0.4 is 0 Å². The van der Waals surface area contributed by atoms with Crippen molar-refractivity contribution in [2.24, 2.45) is 0 Å². The lowest BCUT2D eigenvalue weighted by Crippen LogP contribution is -2.37. The zero-order valence-corrected chi connectivity index (χ0v) is 13.1. The first-order chi connectivity index (χ1) is 11.0. The summed E-state index contributed by atoms with van der Waals surface area (Å²) in [6.45, 7) is 1.93. The summed E-state index contributed by atoms with van der Waals surface area (Å²) in [6, 6.07) is 2.37. The molecule has 1 saturated heterocycles. The fourth-order valence-corrected chi connectivity index (χ4v) is 2.92. The number of aromatic nitrogens is 2. The molecular formula is C16H16ClF2N3O. The van der Waals surface area contributed by atoms with E-state index in [0.717, 1.165) is 25.5 Å². The van der Waals surface area contributed by atoms with Crippen molar-refractivity contribution in [3.05, 3.63) is 46.9 Å². The molecule has 1 N–H and O–H groups in total. The number of rotatable bonds is 3. The Morgan fingerprint density at radius 2 is 2.04 bits per heavy atom. The largest absolute Gasteiger partial charge is 0.392 e. The first kappa shape index (κ1) is 16.2. The molecular weight excluding hydrogens is 324 g/mol. The Morgan fingerprint density at radius 3 is 2.74 bits per heavy atom. The standard InChI is InChI=1S/C16H16ClF2N3O/c17-15-5-13(18)12(7-20-15)16-14(19)4-10(6-21-16)8-22-3-1-2-11(23)9-22/h4-7,11,23H,1-3,8-9H2/t11-/m0/s1. The Labute approximate surface area is 137 Å². The molecule has 2 aromatic rings. The zero-order valence-electron chi connectivity index (χ0n) is 12.3. The Balaban J connectivity index is 1.80. The second-order valence-corrected chi connectivity index (χ2v) is 6.08. The van der Waals surface area contributed by atoms with Gasteiger partial charge in [0.25, 0.3) is 0 Å². The highest BCUT2D eigenvalue weighted by atomic mass is 35.5. The number of halogens is 3. The summed E-state index contributed by atoms with van der Waals surface area (Å²) >= 11 is 5.60. The molecule has 1 aliphatic rings. The SMILES string of the molecule is O[C@H]1CCCN(Cc2cnc(-c3cnc(Cl)cc3F)c(F)c2)C1. The summed E-state index contributed by atoms with van der Waals surface area (Å²) in [5.41, 5.74) is 0.573. The molecule has 3 rings (SSSR count). The topological polar surface area (TPSA) is 49.2 Å². The third-order valence-electron chi connectivity index (χ3n) is 3.86. The van der Waals surface area contributed by atoms with E-state index in [1.165, 1.54) is 18.5 Å². The van der Waals surface area contributed by atoms with Gasteiger partial charge in [-0.05, 0) is 31.0 Å². The van der Waals surface area contributed by atoms with Crippen LogP contribution in [0.2, 0.25) is 5.15 Å². The smallest absolute Gasteiger partial charge is 0.149 e. The van der Waals surface area contributed by atoms with Crippen LogP contribution in [0.1, 0.15) is 18.4 Å². The van der Waals surface area contributed by atoms with Gasteiger partial charge < -0.3 is 5.11 Å². The minimum Gasteiger partial charge on any atom is -0.392 e. The van der Waals surface area contributed by atoms with Crippen molar-refractivity contribution in [1.29, 1.82) is 0 Å². The number of aliphatic hydroxyl groups is 1. The molecule has 122 valence electrons. The van der Waals surface area contributed by atoms with Gasteiger partial charge in [0.05, 0.1) is 11.7 Å². The summed E-state index contributed by atoms with van der Waals surface area (Å²) in [4.78, 5) is 9.85. The van der Waals surface area contributed by atoms with E-state index in [0.29, 0.717) is 18.7 Å². The molecule has 0 unspecified atom stereocenters. The van der Waals surface area contributed by atoms with Gasteiger partial charge in [-0.15, -0.1) is 0 Å². The second-order valence-electron chi connectivity index (χ2n) is 5.69. The fraction of sp³-hybridized carbons (Fsp3) is 0.375. The molecule has 0 saturated carbocycles. The summed E-state index contributed by atoms with van der Waals surface area (Å²) in [5, 5.41) is 9.67. The van der Waals surface area contributed by atoms with Gasteiger partial charge in [0, 0.05) is 31.5 Å². The van der Waals surface area contributed by atoms with E-state index in [-0.39, 0.29) is 22.5 Å². The molecule has 7 heteroatoms. The van der Waals surface area contributed by atoms with Gasteiger partial charge in [0.1, 0.15) is 22.5 Å². The highest BCUT2D eigenvalue weighted by Gasteiger charge is 2.19. The van der Waals surface area contributed by atoms with Crippen molar-refractivity contribution in [2.45, 2.75) is 25.5 Å². The van der Waals surface area contributed by atoms with Crippen LogP contribution in [0.4, 0.5) is 8.78 Å². The molecule has 0 amide bonds. The van der Waals surface area contributed by atoms with Crippen molar-refractivity contribution in [1.82, 2.24) is 14.9 Å². The number of piperidine rings is 1. The number of aliphatic hydroxyl groups excluding tert-OH is 1. The third kappa shape index (κ3) is 3.83. The van der Waals surface area contributed by atoms with E-state index >= 15 is 0 Å². The fourth-order valence-electron chi connectivity index (χ4n) is 2.78. The molecule has 23 heavy (non-hydrogen) atoms. The second kappa shape index (κ2) is 6.86. The number of β-amino-alcohol motifs (C(OH)–C–C–N with tert-alkyl or cyclic N) is 1. The molecule has 1 aliphatic heterocycles. The van der Waals surface area contributed by atoms with E-state index in [1.807, 2.05) is 0 Å². The van der Waals surface area contributed by atoms with Gasteiger partial charge in [-0.1, -0.05) is 11.6 Å². The number of likely N-dealkylation sites (tertiary alicyclic amines) is 1. The van der Waals surface area contributed by atoms with Crippen LogP contribution in [0.5, 0.6) is 0 Å². The van der Waals surface area contributed by atoms with Crippen LogP contribution in [-0.2, 0) is 6.54 Å². The lowest BCUT2D eigenvalue weighted by molar-refractivity contribution is 0.0667. The average Bonchev–Trinajstić information content (AvgIpc) is 2.48. The van der Waals surface area contributed by atoms with E-state index in [1.54, 1.807) is 0 Å². The van der Waals surface area contributed by atoms with E-state index < -0.39 is 11.6 Å². The van der Waals surface area contributed by atoms with Crippen molar-refractivity contribution in [3.63, 3.8) is 0 Å². The number of hydrogen-bond donors (Lipinski definition) is 1. The van der Waals surface area contributed by atoms with Crippen molar-refractivity contribution in [3.8, 4) is 11.3 Å². The Morgan fingerprint density at radius 1 is 1.22 bits per heavy atom. The minimum atomic E-state index is -0.664. The van der Waals surface area contributed by atoms with Crippen LogP contribution in [-0.4, -0.2) is 39.2 Å². The van der Waals surface area contributed by atoms with Crippen molar-refractivity contribution in [2.75, 3.05) is 13.1 Å². The van der Waals surface area contributed by atoms with Crippen LogP contribution in [0.3, 0.4) is 0 Å². The van der Waals surface area contributed by atoms with Gasteiger partial charge in [0.15, 0.2) is 0 Å². The van der Waals surface area contributed by atoms with E-state index in [9.17, 15) is 13.9 Å². The monoisotopic (exact) mass is 339 g/mol. The van der Waals surface area contributed by atoms with E-state index in [2.05, 4.69) is 14.9 Å². The van der Waals surface area contributed by atoms with Gasteiger partial charge >= 0.3 is 0 Å². The highest BCUT2D eigenvalue weighted by molar-refractivity contribution is 6.29. The van der Waals surface area contributed by atoms with E-state index in [4.69, 9.17) is 11.6 Å². The van der Waals surface area contributed by atoms with Crippen molar-refractivity contribution >= 4 is 11.6 Å². The number of pyridine rings is 2. The lowest BCUT2D eigenvalue weighted by Gasteiger charge is -2.29. The van der Waals surface area contributed by atoms with Crippen molar-refractivity contribution < 1.29 is 13.9 Å². The molecule has 0 radical (unpaired) electrons. The Bertz CT molecular complexity index is 714. The zero-order chi connectivity index (χ0) is 16.4. The van der Waals surface area contributed by atoms with Crippen LogP contribution in [0.25, 0.3) is 11.3 Å². The van der Waals surface area contributed by atoms with Crippen LogP contribution >= 0.6 is 11.6 Å². The summed E-state index contributed by atoms with van der Waals surface area (Å²) in [6.07, 6.45) is 4.06. The predicted molar refractivity (Wildman–Crippen MR) is 82.9 cm³/mol. The summed E-state index contributed by atoms with van der Waals surface area (Å²) in [5.74, 6) is -1.27. The molecule has 0 aromatic carbocycles. The molecule has 0 spiro atoms. The Hall–Kier alpha value is -1.63. The molecule has 3 heterocycles. The summed E-state index contributed by atoms with van der Waals surface area (Å²) in [7, 11) is 0. The maximum absolute atomic E-state index is 14.3. The van der Waals surface area contributed by atoms with Gasteiger partial charge in [-0.3, -0.25) is 9.88 Å². The van der Waals surface area contributed by atoms with Crippen LogP contribution in [0, 0.1) is 11.6 Å². The number of hydrogen-bond acceptors (Lipinski definition) is 4. The normalized spacial score (nSPS) is 19.0. The highest BCUT2D eigenvalue weighted by Crippen LogP contribution is 2.25. The average molecular weight is 340 g/mol. The Kier molecular flexibility index (Phi) is 4.84. The molecule has 4 nitrogen and oxygen atoms in total. The molecule has 0 bridgehead atoms. The molecule has 1 fully saturated rings. The first-order valence-electron chi connectivity index (χ1n) is 7.39. The molecule has 1 atom stereocenters. The van der Waals surface area contributed by atoms with Gasteiger partial charge in [-0.2, -0.15) is 0 Å². The number of nitrogens with zero attached hydrogens (tertiary/aromatic N) is 3.